The van der Waals surface area contributed by atoms with Gasteiger partial charge in [0.05, 0.1) is 12.7 Å². The van der Waals surface area contributed by atoms with E-state index in [1.807, 2.05) is 18.2 Å². The molecule has 1 aliphatic rings. The summed E-state index contributed by atoms with van der Waals surface area (Å²) in [6.45, 7) is 0.898. The van der Waals surface area contributed by atoms with E-state index in [1.165, 1.54) is 12.0 Å². The summed E-state index contributed by atoms with van der Waals surface area (Å²) in [5.41, 5.74) is 1.63. The van der Waals surface area contributed by atoms with E-state index < -0.39 is 5.60 Å². The molecule has 0 saturated heterocycles. The van der Waals surface area contributed by atoms with E-state index in [2.05, 4.69) is 55.4 Å². The molecule has 3 unspecified atom stereocenters. The summed E-state index contributed by atoms with van der Waals surface area (Å²) in [4.78, 5) is 2.20. The Morgan fingerprint density at radius 1 is 1.11 bits per heavy atom. The highest BCUT2D eigenvalue weighted by atomic mass is 35.5. The molecule has 1 N–H and O–H groups in total. The topological polar surface area (TPSA) is 32.7 Å². The van der Waals surface area contributed by atoms with Crippen molar-refractivity contribution in [1.29, 1.82) is 0 Å². The quantitative estimate of drug-likeness (QED) is 0.712. The van der Waals surface area contributed by atoms with Crippen LogP contribution < -0.4 is 4.74 Å². The highest BCUT2D eigenvalue weighted by Crippen LogP contribution is 2.46. The van der Waals surface area contributed by atoms with Gasteiger partial charge in [-0.2, -0.15) is 0 Å². The third kappa shape index (κ3) is 5.50. The van der Waals surface area contributed by atoms with Crippen LogP contribution in [0.2, 0.25) is 0 Å². The molecule has 0 radical (unpaired) electrons. The fourth-order valence-electron chi connectivity index (χ4n) is 4.56. The molecule has 154 valence electrons. The van der Waals surface area contributed by atoms with Gasteiger partial charge in [0, 0.05) is 12.5 Å². The average Bonchev–Trinajstić information content (AvgIpc) is 2.69. The van der Waals surface area contributed by atoms with Crippen LogP contribution >= 0.6 is 12.4 Å². The van der Waals surface area contributed by atoms with E-state index >= 15 is 0 Å². The van der Waals surface area contributed by atoms with Crippen molar-refractivity contribution >= 4 is 12.4 Å². The average molecular weight is 404 g/mol. The summed E-state index contributed by atoms with van der Waals surface area (Å²) in [6.07, 6.45) is 5.28. The highest BCUT2D eigenvalue weighted by Gasteiger charge is 2.43. The zero-order valence-electron chi connectivity index (χ0n) is 17.3. The molecular weight excluding hydrogens is 370 g/mol. The van der Waals surface area contributed by atoms with Crippen molar-refractivity contribution in [2.24, 2.45) is 11.8 Å². The molecule has 0 spiro atoms. The van der Waals surface area contributed by atoms with E-state index in [0.717, 1.165) is 43.5 Å². The fourth-order valence-corrected chi connectivity index (χ4v) is 4.56. The van der Waals surface area contributed by atoms with Crippen LogP contribution in [-0.2, 0) is 12.0 Å². The normalized spacial score (nSPS) is 24.6. The lowest BCUT2D eigenvalue weighted by Gasteiger charge is -2.44. The molecule has 4 heteroatoms. The lowest BCUT2D eigenvalue weighted by molar-refractivity contribution is -0.0761. The van der Waals surface area contributed by atoms with Gasteiger partial charge in [-0.1, -0.05) is 42.5 Å². The number of hydrogen-bond acceptors (Lipinski definition) is 3. The molecule has 2 aromatic carbocycles. The second kappa shape index (κ2) is 10.3. The van der Waals surface area contributed by atoms with Crippen molar-refractivity contribution in [3.63, 3.8) is 0 Å². The number of methoxy groups -OCH3 is 1. The van der Waals surface area contributed by atoms with E-state index in [1.54, 1.807) is 7.11 Å². The Balaban J connectivity index is 0.00000280. The van der Waals surface area contributed by atoms with Crippen molar-refractivity contribution in [1.82, 2.24) is 4.90 Å². The Morgan fingerprint density at radius 2 is 1.86 bits per heavy atom. The molecule has 0 aromatic heterocycles. The molecule has 0 amide bonds. The van der Waals surface area contributed by atoms with Crippen molar-refractivity contribution in [2.45, 2.75) is 37.7 Å². The second-order valence-electron chi connectivity index (χ2n) is 8.28. The largest absolute Gasteiger partial charge is 0.497 e. The van der Waals surface area contributed by atoms with Crippen LogP contribution in [0.5, 0.6) is 5.75 Å². The fraction of sp³-hybridized carbons (Fsp3) is 0.500. The van der Waals surface area contributed by atoms with Crippen LogP contribution in [0.1, 0.15) is 36.8 Å². The molecule has 0 heterocycles. The minimum atomic E-state index is -0.776. The van der Waals surface area contributed by atoms with Crippen molar-refractivity contribution in [3.05, 3.63) is 65.7 Å². The van der Waals surface area contributed by atoms with Crippen molar-refractivity contribution < 1.29 is 9.84 Å². The van der Waals surface area contributed by atoms with Gasteiger partial charge in [0.1, 0.15) is 5.75 Å². The predicted octanol–water partition coefficient (Wildman–Crippen LogP) is 4.92. The summed E-state index contributed by atoms with van der Waals surface area (Å²) in [7, 11) is 5.88. The van der Waals surface area contributed by atoms with E-state index in [-0.39, 0.29) is 18.3 Å². The van der Waals surface area contributed by atoms with Gasteiger partial charge in [0.15, 0.2) is 0 Å². The van der Waals surface area contributed by atoms with Gasteiger partial charge in [0.2, 0.25) is 0 Å². The maximum Gasteiger partial charge on any atom is 0.119 e. The molecule has 1 fully saturated rings. The van der Waals surface area contributed by atoms with Gasteiger partial charge in [0.25, 0.3) is 0 Å². The van der Waals surface area contributed by atoms with Crippen molar-refractivity contribution in [3.8, 4) is 5.75 Å². The summed E-state index contributed by atoms with van der Waals surface area (Å²) in [6, 6.07) is 18.7. The van der Waals surface area contributed by atoms with Gasteiger partial charge < -0.3 is 14.7 Å². The van der Waals surface area contributed by atoms with Crippen LogP contribution in [0.25, 0.3) is 0 Å². The number of aliphatic hydroxyl groups is 1. The standard InChI is InChI=1S/C24H33NO2.ClH/c1-25(2)18-22-16-20(13-12-19-8-5-4-6-9-19)14-15-24(22,26)21-10-7-11-23(17-21)27-3;/h4-11,17,20,22,26H,12-16,18H2,1-3H3;1H. The van der Waals surface area contributed by atoms with Gasteiger partial charge in [-0.25, -0.2) is 0 Å². The third-order valence-corrected chi connectivity index (χ3v) is 6.07. The summed E-state index contributed by atoms with van der Waals surface area (Å²) >= 11 is 0. The summed E-state index contributed by atoms with van der Waals surface area (Å²) < 4.78 is 5.39. The first-order chi connectivity index (χ1) is 13.0. The SMILES string of the molecule is COc1cccc(C2(O)CCC(CCc3ccccc3)CC2CN(C)C)c1.Cl. The Morgan fingerprint density at radius 3 is 2.54 bits per heavy atom. The first-order valence-corrected chi connectivity index (χ1v) is 10.1. The maximum atomic E-state index is 11.7. The monoisotopic (exact) mass is 403 g/mol. The number of benzene rings is 2. The number of halogens is 1. The second-order valence-corrected chi connectivity index (χ2v) is 8.28. The first kappa shape index (κ1) is 22.7. The van der Waals surface area contributed by atoms with Crippen molar-refractivity contribution in [2.75, 3.05) is 27.7 Å². The van der Waals surface area contributed by atoms with E-state index in [9.17, 15) is 5.11 Å². The Bertz CT molecular complexity index is 722. The lowest BCUT2D eigenvalue weighted by Crippen LogP contribution is -2.45. The van der Waals surface area contributed by atoms with Crippen LogP contribution in [0, 0.1) is 11.8 Å². The van der Waals surface area contributed by atoms with Gasteiger partial charge in [-0.05, 0) is 75.4 Å². The number of nitrogens with zero attached hydrogens (tertiary/aromatic N) is 1. The lowest BCUT2D eigenvalue weighted by atomic mass is 9.66. The molecule has 28 heavy (non-hydrogen) atoms. The molecule has 0 aliphatic heterocycles. The zero-order valence-corrected chi connectivity index (χ0v) is 18.1. The van der Waals surface area contributed by atoms with Gasteiger partial charge in [-0.3, -0.25) is 0 Å². The van der Waals surface area contributed by atoms with Crippen LogP contribution in [0.15, 0.2) is 54.6 Å². The minimum Gasteiger partial charge on any atom is -0.497 e. The summed E-state index contributed by atoms with van der Waals surface area (Å²) in [5.74, 6) is 1.71. The predicted molar refractivity (Wildman–Crippen MR) is 118 cm³/mol. The zero-order chi connectivity index (χ0) is 19.3. The Kier molecular flexibility index (Phi) is 8.36. The van der Waals surface area contributed by atoms with E-state index in [0.29, 0.717) is 5.92 Å². The molecular formula is C24H34ClNO2. The number of hydrogen-bond donors (Lipinski definition) is 1. The molecule has 1 saturated carbocycles. The van der Waals surface area contributed by atoms with Gasteiger partial charge >= 0.3 is 0 Å². The molecule has 3 atom stereocenters. The van der Waals surface area contributed by atoms with E-state index in [4.69, 9.17) is 4.74 Å². The maximum absolute atomic E-state index is 11.7. The third-order valence-electron chi connectivity index (χ3n) is 6.07. The smallest absolute Gasteiger partial charge is 0.119 e. The molecule has 3 rings (SSSR count). The van der Waals surface area contributed by atoms with Crippen LogP contribution in [0.4, 0.5) is 0 Å². The molecule has 1 aliphatic carbocycles. The van der Waals surface area contributed by atoms with Crippen LogP contribution in [-0.4, -0.2) is 37.8 Å². The molecule has 0 bridgehead atoms. The minimum absolute atomic E-state index is 0. The Labute approximate surface area is 176 Å². The van der Waals surface area contributed by atoms with Crippen LogP contribution in [0.3, 0.4) is 0 Å². The number of rotatable bonds is 7. The highest BCUT2D eigenvalue weighted by molar-refractivity contribution is 5.85. The molecule has 2 aromatic rings. The first-order valence-electron chi connectivity index (χ1n) is 10.1. The number of ether oxygens (including phenoxy) is 1. The Hall–Kier alpha value is -1.55. The number of aryl methyl sites for hydroxylation is 1. The van der Waals surface area contributed by atoms with Gasteiger partial charge in [-0.15, -0.1) is 12.4 Å². The molecule has 3 nitrogen and oxygen atoms in total. The summed E-state index contributed by atoms with van der Waals surface area (Å²) in [5, 5.41) is 11.7.